The van der Waals surface area contributed by atoms with Gasteiger partial charge in [-0.25, -0.2) is 5.84 Å². The molecule has 1 amide bonds. The van der Waals surface area contributed by atoms with Gasteiger partial charge in [0.1, 0.15) is 5.58 Å². The fourth-order valence-electron chi connectivity index (χ4n) is 2.51. The van der Waals surface area contributed by atoms with E-state index in [-0.39, 0.29) is 5.91 Å². The average Bonchev–Trinajstić information content (AvgIpc) is 2.84. The number of hydrazine groups is 1. The van der Waals surface area contributed by atoms with Crippen LogP contribution < -0.4 is 11.3 Å². The first-order valence-corrected chi connectivity index (χ1v) is 7.33. The zero-order valence-electron chi connectivity index (χ0n) is 12.8. The predicted octanol–water partition coefficient (Wildman–Crippen LogP) is 2.66. The Labute approximate surface area is 125 Å². The molecule has 2 aromatic rings. The van der Waals surface area contributed by atoms with E-state index >= 15 is 0 Å². The Balaban J connectivity index is 2.46. The summed E-state index contributed by atoms with van der Waals surface area (Å²) in [4.78, 5) is 14.3. The zero-order valence-corrected chi connectivity index (χ0v) is 12.8. The quantitative estimate of drug-likeness (QED) is 0.487. The van der Waals surface area contributed by atoms with Crippen LogP contribution in [0.2, 0.25) is 0 Å². The summed E-state index contributed by atoms with van der Waals surface area (Å²) in [6.07, 6.45) is 1.06. The Morgan fingerprint density at radius 2 is 2.10 bits per heavy atom. The van der Waals surface area contributed by atoms with E-state index in [1.807, 2.05) is 24.3 Å². The fourth-order valence-corrected chi connectivity index (χ4v) is 2.51. The van der Waals surface area contributed by atoms with Crippen LogP contribution in [0.25, 0.3) is 11.0 Å². The van der Waals surface area contributed by atoms with Crippen molar-refractivity contribution >= 4 is 16.9 Å². The summed E-state index contributed by atoms with van der Waals surface area (Å²) in [5.74, 6) is 5.19. The Morgan fingerprint density at radius 3 is 2.71 bits per heavy atom. The van der Waals surface area contributed by atoms with E-state index in [0.717, 1.165) is 23.9 Å². The molecule has 5 heteroatoms. The van der Waals surface area contributed by atoms with Crippen molar-refractivity contribution in [3.63, 3.8) is 0 Å². The molecule has 21 heavy (non-hydrogen) atoms. The van der Waals surface area contributed by atoms with Crippen molar-refractivity contribution in [2.75, 3.05) is 6.54 Å². The van der Waals surface area contributed by atoms with Crippen LogP contribution in [0, 0.1) is 0 Å². The highest BCUT2D eigenvalue weighted by Crippen LogP contribution is 2.27. The predicted molar refractivity (Wildman–Crippen MR) is 83.7 cm³/mol. The number of nitrogens with one attached hydrogen (secondary N) is 1. The second kappa shape index (κ2) is 6.74. The summed E-state index contributed by atoms with van der Waals surface area (Å²) in [6, 6.07) is 8.08. The molecule has 1 aromatic heterocycles. The third-order valence-electron chi connectivity index (χ3n) is 3.64. The first-order chi connectivity index (χ1) is 10.1. The van der Waals surface area contributed by atoms with E-state index < -0.39 is 0 Å². The minimum absolute atomic E-state index is 0.306. The fraction of sp³-hybridized carbons (Fsp3) is 0.438. The minimum atomic E-state index is -0.388. The number of hydrogen-bond acceptors (Lipinski definition) is 4. The Morgan fingerprint density at radius 1 is 1.38 bits per heavy atom. The van der Waals surface area contributed by atoms with Gasteiger partial charge in [0.25, 0.3) is 0 Å². The number of rotatable bonds is 6. The van der Waals surface area contributed by atoms with Gasteiger partial charge in [-0.05, 0) is 32.9 Å². The molecule has 1 aromatic carbocycles. The maximum Gasteiger partial charge on any atom is 0.301 e. The SMILES string of the molecule is CCCN(Cc1c(C(=O)NN)oc2ccccc12)C(C)C. The van der Waals surface area contributed by atoms with Gasteiger partial charge in [0, 0.05) is 23.5 Å². The normalized spacial score (nSPS) is 11.5. The molecule has 0 spiro atoms. The standard InChI is InChI=1S/C16H23N3O2/c1-4-9-19(11(2)3)10-13-12-7-5-6-8-14(12)21-15(13)16(20)18-17/h5-8,11H,4,9-10,17H2,1-3H3,(H,18,20). The van der Waals surface area contributed by atoms with E-state index in [1.165, 1.54) is 0 Å². The molecular weight excluding hydrogens is 266 g/mol. The lowest BCUT2D eigenvalue weighted by atomic mass is 10.1. The highest BCUT2D eigenvalue weighted by atomic mass is 16.3. The average molecular weight is 289 g/mol. The zero-order chi connectivity index (χ0) is 15.4. The molecule has 3 N–H and O–H groups in total. The summed E-state index contributed by atoms with van der Waals surface area (Å²) >= 11 is 0. The van der Waals surface area contributed by atoms with Gasteiger partial charge in [-0.15, -0.1) is 0 Å². The van der Waals surface area contributed by atoms with Crippen LogP contribution >= 0.6 is 0 Å². The van der Waals surface area contributed by atoms with Crippen molar-refractivity contribution in [1.82, 2.24) is 10.3 Å². The van der Waals surface area contributed by atoms with Crippen LogP contribution in [0.5, 0.6) is 0 Å². The number of nitrogens with two attached hydrogens (primary N) is 1. The third-order valence-corrected chi connectivity index (χ3v) is 3.64. The van der Waals surface area contributed by atoms with Gasteiger partial charge in [-0.2, -0.15) is 0 Å². The summed E-state index contributed by atoms with van der Waals surface area (Å²) in [7, 11) is 0. The molecule has 5 nitrogen and oxygen atoms in total. The van der Waals surface area contributed by atoms with Crippen molar-refractivity contribution < 1.29 is 9.21 Å². The molecule has 0 aliphatic rings. The first-order valence-electron chi connectivity index (χ1n) is 7.33. The first kappa shape index (κ1) is 15.5. The van der Waals surface area contributed by atoms with Crippen LogP contribution in [0.15, 0.2) is 28.7 Å². The number of nitrogen functional groups attached to an aromatic ring is 1. The second-order valence-electron chi connectivity index (χ2n) is 5.44. The van der Waals surface area contributed by atoms with Crippen LogP contribution in [-0.4, -0.2) is 23.4 Å². The van der Waals surface area contributed by atoms with Gasteiger partial charge in [0.05, 0.1) is 0 Å². The van der Waals surface area contributed by atoms with Gasteiger partial charge in [0.15, 0.2) is 5.76 Å². The second-order valence-corrected chi connectivity index (χ2v) is 5.44. The van der Waals surface area contributed by atoms with E-state index in [0.29, 0.717) is 23.9 Å². The number of nitrogens with zero attached hydrogens (tertiary/aromatic N) is 1. The maximum atomic E-state index is 12.0. The molecule has 2 rings (SSSR count). The lowest BCUT2D eigenvalue weighted by Crippen LogP contribution is -2.33. The van der Waals surface area contributed by atoms with E-state index in [4.69, 9.17) is 10.3 Å². The third kappa shape index (κ3) is 3.25. The van der Waals surface area contributed by atoms with Gasteiger partial charge in [-0.1, -0.05) is 25.1 Å². The monoisotopic (exact) mass is 289 g/mol. The molecule has 114 valence electrons. The van der Waals surface area contributed by atoms with Crippen molar-refractivity contribution in [3.05, 3.63) is 35.6 Å². The summed E-state index contributed by atoms with van der Waals surface area (Å²) in [5.41, 5.74) is 3.78. The largest absolute Gasteiger partial charge is 0.451 e. The van der Waals surface area contributed by atoms with E-state index in [2.05, 4.69) is 31.1 Å². The Hall–Kier alpha value is -1.85. The number of fused-ring (bicyclic) bond motifs is 1. The minimum Gasteiger partial charge on any atom is -0.451 e. The van der Waals surface area contributed by atoms with Crippen LogP contribution in [0.1, 0.15) is 43.3 Å². The van der Waals surface area contributed by atoms with Crippen molar-refractivity contribution in [2.24, 2.45) is 5.84 Å². The number of amides is 1. The summed E-state index contributed by atoms with van der Waals surface area (Å²) in [6.45, 7) is 8.10. The van der Waals surface area contributed by atoms with Crippen LogP contribution in [0.3, 0.4) is 0 Å². The lowest BCUT2D eigenvalue weighted by Gasteiger charge is -2.25. The molecule has 0 bridgehead atoms. The van der Waals surface area contributed by atoms with Gasteiger partial charge in [0.2, 0.25) is 0 Å². The van der Waals surface area contributed by atoms with Gasteiger partial charge < -0.3 is 4.42 Å². The molecule has 0 atom stereocenters. The number of carbonyl (C=O) groups is 1. The molecule has 0 aliphatic heterocycles. The molecule has 0 aliphatic carbocycles. The molecule has 0 saturated heterocycles. The highest BCUT2D eigenvalue weighted by Gasteiger charge is 2.22. The molecule has 0 unspecified atom stereocenters. The molecule has 0 fully saturated rings. The number of hydrogen-bond donors (Lipinski definition) is 2. The number of furan rings is 1. The van der Waals surface area contributed by atoms with Gasteiger partial charge in [-0.3, -0.25) is 15.1 Å². The van der Waals surface area contributed by atoms with Crippen LogP contribution in [-0.2, 0) is 6.54 Å². The lowest BCUT2D eigenvalue weighted by molar-refractivity contribution is 0.0924. The smallest absolute Gasteiger partial charge is 0.301 e. The van der Waals surface area contributed by atoms with Crippen molar-refractivity contribution in [1.29, 1.82) is 0 Å². The molecule has 0 saturated carbocycles. The summed E-state index contributed by atoms with van der Waals surface area (Å²) < 4.78 is 5.69. The Kier molecular flexibility index (Phi) is 4.98. The topological polar surface area (TPSA) is 71.5 Å². The number of benzene rings is 1. The Bertz CT molecular complexity index is 619. The molecule has 1 heterocycles. The van der Waals surface area contributed by atoms with Gasteiger partial charge >= 0.3 is 5.91 Å². The van der Waals surface area contributed by atoms with Crippen molar-refractivity contribution in [3.8, 4) is 0 Å². The van der Waals surface area contributed by atoms with Crippen LogP contribution in [0.4, 0.5) is 0 Å². The highest BCUT2D eigenvalue weighted by molar-refractivity contribution is 5.98. The maximum absolute atomic E-state index is 12.0. The molecule has 0 radical (unpaired) electrons. The summed E-state index contributed by atoms with van der Waals surface area (Å²) in [5, 5.41) is 0.970. The number of para-hydroxylation sites is 1. The van der Waals surface area contributed by atoms with E-state index in [1.54, 1.807) is 0 Å². The van der Waals surface area contributed by atoms with E-state index in [9.17, 15) is 4.79 Å². The number of carbonyl (C=O) groups excluding carboxylic acids is 1. The molecular formula is C16H23N3O2. The van der Waals surface area contributed by atoms with Crippen molar-refractivity contribution in [2.45, 2.75) is 39.8 Å².